The number of hydrogen-bond donors (Lipinski definition) is 1. The molecular formula is C11H15NO2. The molecule has 0 amide bonds. The van der Waals surface area contributed by atoms with E-state index in [2.05, 4.69) is 18.9 Å². The SMILES string of the molecule is CCN(C)C1COc2cc(O)ccc21. The molecule has 1 heterocycles. The molecule has 1 aromatic rings. The van der Waals surface area contributed by atoms with Crippen molar-refractivity contribution in [1.82, 2.24) is 4.90 Å². The standard InChI is InChI=1S/C11H15NO2/c1-3-12(2)10-7-14-11-6-8(13)4-5-9(10)11/h4-6,10,13H,3,7H2,1-2H3. The second kappa shape index (κ2) is 3.50. The van der Waals surface area contributed by atoms with Crippen LogP contribution < -0.4 is 4.74 Å². The highest BCUT2D eigenvalue weighted by atomic mass is 16.5. The van der Waals surface area contributed by atoms with Gasteiger partial charge < -0.3 is 9.84 Å². The van der Waals surface area contributed by atoms with Crippen molar-refractivity contribution < 1.29 is 9.84 Å². The molecule has 0 fully saturated rings. The van der Waals surface area contributed by atoms with Crippen molar-refractivity contribution in [1.29, 1.82) is 0 Å². The number of fused-ring (bicyclic) bond motifs is 1. The van der Waals surface area contributed by atoms with Crippen LogP contribution in [0.15, 0.2) is 18.2 Å². The second-order valence-corrected chi connectivity index (χ2v) is 3.62. The van der Waals surface area contributed by atoms with Gasteiger partial charge in [0.25, 0.3) is 0 Å². The van der Waals surface area contributed by atoms with Gasteiger partial charge in [-0.15, -0.1) is 0 Å². The third-order valence-electron chi connectivity index (χ3n) is 2.78. The predicted molar refractivity (Wildman–Crippen MR) is 54.6 cm³/mol. The summed E-state index contributed by atoms with van der Waals surface area (Å²) in [7, 11) is 2.08. The van der Waals surface area contributed by atoms with E-state index in [1.54, 1.807) is 12.1 Å². The molecule has 1 unspecified atom stereocenters. The Balaban J connectivity index is 2.31. The molecule has 1 aliphatic rings. The van der Waals surface area contributed by atoms with Gasteiger partial charge >= 0.3 is 0 Å². The van der Waals surface area contributed by atoms with Gasteiger partial charge in [0.05, 0.1) is 6.04 Å². The first-order chi connectivity index (χ1) is 6.72. The Labute approximate surface area is 83.9 Å². The van der Waals surface area contributed by atoms with E-state index in [9.17, 15) is 5.11 Å². The number of phenols is 1. The molecule has 76 valence electrons. The van der Waals surface area contributed by atoms with Crippen LogP contribution in [0, 0.1) is 0 Å². The predicted octanol–water partition coefficient (Wildman–Crippen LogP) is 1.78. The summed E-state index contributed by atoms with van der Waals surface area (Å²) in [6, 6.07) is 5.66. The molecule has 0 aliphatic carbocycles. The zero-order chi connectivity index (χ0) is 10.1. The second-order valence-electron chi connectivity index (χ2n) is 3.62. The van der Waals surface area contributed by atoms with Gasteiger partial charge in [-0.05, 0) is 25.7 Å². The van der Waals surface area contributed by atoms with Gasteiger partial charge in [-0.1, -0.05) is 6.92 Å². The fourth-order valence-electron chi connectivity index (χ4n) is 1.77. The van der Waals surface area contributed by atoms with Crippen LogP contribution in [0.5, 0.6) is 11.5 Å². The number of ether oxygens (including phenoxy) is 1. The number of likely N-dealkylation sites (N-methyl/N-ethyl adjacent to an activating group) is 1. The number of hydrogen-bond acceptors (Lipinski definition) is 3. The topological polar surface area (TPSA) is 32.7 Å². The number of rotatable bonds is 2. The summed E-state index contributed by atoms with van der Waals surface area (Å²) in [6.07, 6.45) is 0. The van der Waals surface area contributed by atoms with Gasteiger partial charge in [0, 0.05) is 11.6 Å². The number of nitrogens with zero attached hydrogens (tertiary/aromatic N) is 1. The first-order valence-corrected chi connectivity index (χ1v) is 4.88. The Hall–Kier alpha value is -1.22. The van der Waals surface area contributed by atoms with Crippen molar-refractivity contribution in [2.24, 2.45) is 0 Å². The van der Waals surface area contributed by atoms with Crippen molar-refractivity contribution in [3.05, 3.63) is 23.8 Å². The third kappa shape index (κ3) is 1.44. The molecular weight excluding hydrogens is 178 g/mol. The Kier molecular flexibility index (Phi) is 2.33. The monoisotopic (exact) mass is 193 g/mol. The van der Waals surface area contributed by atoms with Crippen molar-refractivity contribution >= 4 is 0 Å². The zero-order valence-corrected chi connectivity index (χ0v) is 8.53. The molecule has 2 rings (SSSR count). The summed E-state index contributed by atoms with van der Waals surface area (Å²) < 4.78 is 5.51. The molecule has 0 bridgehead atoms. The van der Waals surface area contributed by atoms with Gasteiger partial charge in [-0.2, -0.15) is 0 Å². The molecule has 0 saturated carbocycles. The summed E-state index contributed by atoms with van der Waals surface area (Å²) in [6.45, 7) is 3.80. The van der Waals surface area contributed by atoms with Crippen LogP contribution in [0.2, 0.25) is 0 Å². The Bertz CT molecular complexity index is 338. The van der Waals surface area contributed by atoms with Crippen molar-refractivity contribution in [2.75, 3.05) is 20.2 Å². The minimum atomic E-state index is 0.267. The van der Waals surface area contributed by atoms with Crippen LogP contribution >= 0.6 is 0 Å². The molecule has 1 aromatic carbocycles. The Morgan fingerprint density at radius 2 is 2.36 bits per heavy atom. The number of aromatic hydroxyl groups is 1. The summed E-state index contributed by atoms with van der Waals surface area (Å²) in [5.41, 5.74) is 1.17. The number of phenolic OH excluding ortho intramolecular Hbond substituents is 1. The van der Waals surface area contributed by atoms with Gasteiger partial charge in [0.2, 0.25) is 0 Å². The quantitative estimate of drug-likeness (QED) is 0.777. The van der Waals surface area contributed by atoms with Crippen LogP contribution in [-0.2, 0) is 0 Å². The molecule has 1 N–H and O–H groups in total. The van der Waals surface area contributed by atoms with Gasteiger partial charge in [-0.25, -0.2) is 0 Å². The largest absolute Gasteiger partial charge is 0.508 e. The summed E-state index contributed by atoms with van der Waals surface area (Å²) >= 11 is 0. The average molecular weight is 193 g/mol. The van der Waals surface area contributed by atoms with E-state index in [1.165, 1.54) is 5.56 Å². The van der Waals surface area contributed by atoms with E-state index in [0.29, 0.717) is 12.6 Å². The molecule has 0 aromatic heterocycles. The highest BCUT2D eigenvalue weighted by Crippen LogP contribution is 2.37. The molecule has 14 heavy (non-hydrogen) atoms. The first-order valence-electron chi connectivity index (χ1n) is 4.88. The number of benzene rings is 1. The summed E-state index contributed by atoms with van der Waals surface area (Å²) in [5.74, 6) is 1.08. The van der Waals surface area contributed by atoms with E-state index in [4.69, 9.17) is 4.74 Å². The fourth-order valence-corrected chi connectivity index (χ4v) is 1.77. The summed E-state index contributed by atoms with van der Waals surface area (Å²) in [5, 5.41) is 9.28. The van der Waals surface area contributed by atoms with Crippen LogP contribution in [0.3, 0.4) is 0 Å². The molecule has 0 spiro atoms. The van der Waals surface area contributed by atoms with Crippen LogP contribution in [0.4, 0.5) is 0 Å². The molecule has 1 aliphatic heterocycles. The van der Waals surface area contributed by atoms with Crippen molar-refractivity contribution in [3.8, 4) is 11.5 Å². The first kappa shape index (κ1) is 9.34. The molecule has 1 atom stereocenters. The minimum absolute atomic E-state index is 0.267. The maximum Gasteiger partial charge on any atom is 0.127 e. The summed E-state index contributed by atoms with van der Waals surface area (Å²) in [4.78, 5) is 2.24. The zero-order valence-electron chi connectivity index (χ0n) is 8.53. The third-order valence-corrected chi connectivity index (χ3v) is 2.78. The van der Waals surface area contributed by atoms with E-state index >= 15 is 0 Å². The van der Waals surface area contributed by atoms with Crippen molar-refractivity contribution in [3.63, 3.8) is 0 Å². The van der Waals surface area contributed by atoms with Gasteiger partial charge in [-0.3, -0.25) is 4.90 Å². The van der Waals surface area contributed by atoms with Gasteiger partial charge in [0.15, 0.2) is 0 Å². The van der Waals surface area contributed by atoms with Crippen LogP contribution in [0.1, 0.15) is 18.5 Å². The highest BCUT2D eigenvalue weighted by Gasteiger charge is 2.26. The molecule has 3 heteroatoms. The highest BCUT2D eigenvalue weighted by molar-refractivity contribution is 5.44. The molecule has 0 radical (unpaired) electrons. The van der Waals surface area contributed by atoms with Crippen LogP contribution in [0.25, 0.3) is 0 Å². The Morgan fingerprint density at radius 3 is 3.07 bits per heavy atom. The lowest BCUT2D eigenvalue weighted by Crippen LogP contribution is -2.25. The van der Waals surface area contributed by atoms with Gasteiger partial charge in [0.1, 0.15) is 18.1 Å². The lowest BCUT2D eigenvalue weighted by molar-refractivity contribution is 0.203. The van der Waals surface area contributed by atoms with Crippen LogP contribution in [-0.4, -0.2) is 30.2 Å². The lowest BCUT2D eigenvalue weighted by atomic mass is 10.1. The van der Waals surface area contributed by atoms with Crippen molar-refractivity contribution in [2.45, 2.75) is 13.0 Å². The maximum absolute atomic E-state index is 9.28. The fraction of sp³-hybridized carbons (Fsp3) is 0.455. The Morgan fingerprint density at radius 1 is 1.57 bits per heavy atom. The van der Waals surface area contributed by atoms with E-state index in [-0.39, 0.29) is 5.75 Å². The van der Waals surface area contributed by atoms with E-state index in [0.717, 1.165) is 12.3 Å². The lowest BCUT2D eigenvalue weighted by Gasteiger charge is -2.21. The molecule has 3 nitrogen and oxygen atoms in total. The smallest absolute Gasteiger partial charge is 0.127 e. The van der Waals surface area contributed by atoms with E-state index < -0.39 is 0 Å². The molecule has 0 saturated heterocycles. The maximum atomic E-state index is 9.28. The normalized spacial score (nSPS) is 19.5. The van der Waals surface area contributed by atoms with E-state index in [1.807, 2.05) is 6.07 Å². The minimum Gasteiger partial charge on any atom is -0.508 e. The average Bonchev–Trinajstić information content (AvgIpc) is 2.59.